The molecule has 0 radical (unpaired) electrons. The fraction of sp³-hybridized carbons (Fsp3) is 0.278. The molecular weight excluding hydrogens is 328 g/mol. The number of benzene rings is 1. The Kier molecular flexibility index (Phi) is 6.32. The second-order valence-corrected chi connectivity index (χ2v) is 5.91. The van der Waals surface area contributed by atoms with Gasteiger partial charge in [-0.05, 0) is 29.8 Å². The lowest BCUT2D eigenvalue weighted by molar-refractivity contribution is -0.145. The highest BCUT2D eigenvalue weighted by atomic mass is 35.5. The van der Waals surface area contributed by atoms with Gasteiger partial charge in [0.2, 0.25) is 0 Å². The van der Waals surface area contributed by atoms with E-state index in [1.54, 1.807) is 48.5 Å². The first kappa shape index (κ1) is 17.9. The van der Waals surface area contributed by atoms with E-state index in [1.807, 2.05) is 12.1 Å². The maximum absolute atomic E-state index is 12.8. The minimum atomic E-state index is -0.423. The molecule has 0 aliphatic heterocycles. The van der Waals surface area contributed by atoms with Crippen molar-refractivity contribution < 1.29 is 14.3 Å². The highest BCUT2D eigenvalue weighted by molar-refractivity contribution is 6.30. The smallest absolute Gasteiger partial charge is 0.310 e. The van der Waals surface area contributed by atoms with Crippen molar-refractivity contribution in [3.05, 3.63) is 64.9 Å². The largest absolute Gasteiger partial charge is 0.469 e. The van der Waals surface area contributed by atoms with Gasteiger partial charge in [0.1, 0.15) is 0 Å². The van der Waals surface area contributed by atoms with E-state index in [9.17, 15) is 9.59 Å². The molecule has 24 heavy (non-hydrogen) atoms. The second-order valence-electron chi connectivity index (χ2n) is 5.47. The number of rotatable bonds is 6. The third-order valence-corrected chi connectivity index (χ3v) is 3.85. The van der Waals surface area contributed by atoms with Crippen LogP contribution in [0.4, 0.5) is 0 Å². The number of carbonyl (C=O) groups excluding carboxylic acids is 2. The molecule has 1 heterocycles. The maximum atomic E-state index is 12.8. The van der Waals surface area contributed by atoms with E-state index in [-0.39, 0.29) is 18.4 Å². The number of halogens is 1. The van der Waals surface area contributed by atoms with Crippen molar-refractivity contribution in [2.45, 2.75) is 13.5 Å². The Morgan fingerprint density at radius 2 is 1.79 bits per heavy atom. The van der Waals surface area contributed by atoms with Crippen LogP contribution in [0.15, 0.2) is 48.8 Å². The van der Waals surface area contributed by atoms with Crippen LogP contribution in [0.5, 0.6) is 0 Å². The van der Waals surface area contributed by atoms with E-state index in [0.717, 1.165) is 5.56 Å². The van der Waals surface area contributed by atoms with Crippen LogP contribution in [0.25, 0.3) is 0 Å². The van der Waals surface area contributed by atoms with Crippen molar-refractivity contribution in [1.29, 1.82) is 0 Å². The van der Waals surface area contributed by atoms with E-state index in [0.29, 0.717) is 17.1 Å². The van der Waals surface area contributed by atoms with Crippen molar-refractivity contribution in [2.24, 2.45) is 5.92 Å². The summed E-state index contributed by atoms with van der Waals surface area (Å²) in [5.41, 5.74) is 1.45. The molecule has 1 aromatic carbocycles. The van der Waals surface area contributed by atoms with Crippen LogP contribution >= 0.6 is 11.6 Å². The molecule has 0 saturated heterocycles. The van der Waals surface area contributed by atoms with Crippen LogP contribution in [0.2, 0.25) is 5.02 Å². The summed E-state index contributed by atoms with van der Waals surface area (Å²) in [7, 11) is 1.34. The molecule has 6 heteroatoms. The number of aromatic nitrogens is 1. The Labute approximate surface area is 146 Å². The first-order valence-corrected chi connectivity index (χ1v) is 7.90. The highest BCUT2D eigenvalue weighted by Crippen LogP contribution is 2.15. The van der Waals surface area contributed by atoms with Crippen LogP contribution < -0.4 is 0 Å². The number of hydrogen-bond donors (Lipinski definition) is 0. The predicted molar refractivity (Wildman–Crippen MR) is 91.6 cm³/mol. The van der Waals surface area contributed by atoms with Crippen molar-refractivity contribution in [3.63, 3.8) is 0 Å². The molecule has 5 nitrogen and oxygen atoms in total. The normalized spacial score (nSPS) is 11.6. The lowest BCUT2D eigenvalue weighted by Crippen LogP contribution is -2.36. The van der Waals surface area contributed by atoms with Gasteiger partial charge in [0.15, 0.2) is 0 Å². The minimum absolute atomic E-state index is 0.164. The molecule has 1 amide bonds. The van der Waals surface area contributed by atoms with E-state index >= 15 is 0 Å². The average molecular weight is 347 g/mol. The summed E-state index contributed by atoms with van der Waals surface area (Å²) in [5.74, 6) is -0.935. The zero-order valence-corrected chi connectivity index (χ0v) is 14.4. The number of methoxy groups -OCH3 is 1. The Morgan fingerprint density at radius 3 is 2.38 bits per heavy atom. The Hall–Kier alpha value is -2.40. The van der Waals surface area contributed by atoms with Gasteiger partial charge in [0, 0.05) is 36.1 Å². The number of esters is 1. The molecule has 1 atom stereocenters. The van der Waals surface area contributed by atoms with Crippen LogP contribution in [0.1, 0.15) is 22.8 Å². The van der Waals surface area contributed by atoms with Gasteiger partial charge in [-0.25, -0.2) is 0 Å². The Bertz CT molecular complexity index is 689. The van der Waals surface area contributed by atoms with Crippen LogP contribution in [-0.4, -0.2) is 35.4 Å². The third kappa shape index (κ3) is 4.80. The summed E-state index contributed by atoms with van der Waals surface area (Å²) in [4.78, 5) is 30.0. The monoisotopic (exact) mass is 346 g/mol. The van der Waals surface area contributed by atoms with Crippen molar-refractivity contribution in [1.82, 2.24) is 9.88 Å². The molecule has 126 valence electrons. The molecule has 0 spiro atoms. The Morgan fingerprint density at radius 1 is 1.17 bits per heavy atom. The lowest BCUT2D eigenvalue weighted by atomic mass is 10.1. The van der Waals surface area contributed by atoms with Gasteiger partial charge < -0.3 is 9.64 Å². The molecule has 0 N–H and O–H groups in total. The number of nitrogens with zero attached hydrogens (tertiary/aromatic N) is 2. The van der Waals surface area contributed by atoms with Crippen LogP contribution in [-0.2, 0) is 16.1 Å². The van der Waals surface area contributed by atoms with E-state index in [1.165, 1.54) is 7.11 Å². The molecular formula is C18H19ClN2O3. The average Bonchev–Trinajstić information content (AvgIpc) is 2.62. The van der Waals surface area contributed by atoms with Gasteiger partial charge in [-0.3, -0.25) is 14.6 Å². The summed E-state index contributed by atoms with van der Waals surface area (Å²) in [6, 6.07) is 10.6. The van der Waals surface area contributed by atoms with Crippen LogP contribution in [0.3, 0.4) is 0 Å². The topological polar surface area (TPSA) is 59.5 Å². The summed E-state index contributed by atoms with van der Waals surface area (Å²) < 4.78 is 4.76. The standard InChI is InChI=1S/C18H19ClN2O3/c1-13(18(23)24-2)11-21(12-14-3-5-16(19)6-4-14)17(22)15-7-9-20-10-8-15/h3-10,13H,11-12H2,1-2H3. The molecule has 0 aliphatic carbocycles. The van der Waals surface area contributed by atoms with Gasteiger partial charge >= 0.3 is 5.97 Å². The van der Waals surface area contributed by atoms with Gasteiger partial charge in [0.25, 0.3) is 5.91 Å². The van der Waals surface area contributed by atoms with Crippen LogP contribution in [0, 0.1) is 5.92 Å². The summed E-state index contributed by atoms with van der Waals surface area (Å²) in [6.07, 6.45) is 3.13. The lowest BCUT2D eigenvalue weighted by Gasteiger charge is -2.25. The number of ether oxygens (including phenoxy) is 1. The minimum Gasteiger partial charge on any atom is -0.469 e. The molecule has 2 aromatic rings. The van der Waals surface area contributed by atoms with Crippen molar-refractivity contribution in [3.8, 4) is 0 Å². The maximum Gasteiger partial charge on any atom is 0.310 e. The molecule has 0 fully saturated rings. The number of hydrogen-bond acceptors (Lipinski definition) is 4. The van der Waals surface area contributed by atoms with Gasteiger partial charge in [0.05, 0.1) is 13.0 Å². The number of carbonyl (C=O) groups is 2. The first-order valence-electron chi connectivity index (χ1n) is 7.53. The molecule has 1 unspecified atom stereocenters. The van der Waals surface area contributed by atoms with Gasteiger partial charge in [-0.15, -0.1) is 0 Å². The number of amides is 1. The van der Waals surface area contributed by atoms with E-state index in [4.69, 9.17) is 16.3 Å². The Balaban J connectivity index is 2.21. The fourth-order valence-electron chi connectivity index (χ4n) is 2.31. The second kappa shape index (κ2) is 8.45. The SMILES string of the molecule is COC(=O)C(C)CN(Cc1ccc(Cl)cc1)C(=O)c1ccncc1. The summed E-state index contributed by atoms with van der Waals surface area (Å²) >= 11 is 5.90. The molecule has 2 rings (SSSR count). The third-order valence-electron chi connectivity index (χ3n) is 3.60. The van der Waals surface area contributed by atoms with E-state index < -0.39 is 5.92 Å². The van der Waals surface area contributed by atoms with Crippen molar-refractivity contribution >= 4 is 23.5 Å². The summed E-state index contributed by atoms with van der Waals surface area (Å²) in [6.45, 7) is 2.37. The number of pyridine rings is 1. The van der Waals surface area contributed by atoms with Gasteiger partial charge in [-0.1, -0.05) is 30.7 Å². The molecule has 0 saturated carbocycles. The highest BCUT2D eigenvalue weighted by Gasteiger charge is 2.22. The van der Waals surface area contributed by atoms with Crippen molar-refractivity contribution in [2.75, 3.05) is 13.7 Å². The quantitative estimate of drug-likeness (QED) is 0.754. The predicted octanol–water partition coefficient (Wildman–Crippen LogP) is 3.19. The summed E-state index contributed by atoms with van der Waals surface area (Å²) in [5, 5.41) is 0.633. The fourth-order valence-corrected chi connectivity index (χ4v) is 2.44. The molecule has 1 aromatic heterocycles. The zero-order chi connectivity index (χ0) is 17.5. The zero-order valence-electron chi connectivity index (χ0n) is 13.6. The molecule has 0 aliphatic rings. The van der Waals surface area contributed by atoms with Gasteiger partial charge in [-0.2, -0.15) is 0 Å². The van der Waals surface area contributed by atoms with E-state index in [2.05, 4.69) is 4.98 Å². The molecule has 0 bridgehead atoms. The first-order chi connectivity index (χ1) is 11.5.